The molecule has 57 heavy (non-hydrogen) atoms. The van der Waals surface area contributed by atoms with Crippen LogP contribution in [0.5, 0.6) is 0 Å². The normalized spacial score (nSPS) is 11.9. The Balaban J connectivity index is 1.00. The van der Waals surface area contributed by atoms with Crippen LogP contribution in [0.2, 0.25) is 0 Å². The maximum Gasteiger partial charge on any atom is 0.164 e. The lowest BCUT2D eigenvalue weighted by Crippen LogP contribution is -2.00. The summed E-state index contributed by atoms with van der Waals surface area (Å²) in [5, 5.41) is 6.62. The molecular formula is C51H30N4O2. The van der Waals surface area contributed by atoms with Gasteiger partial charge in [-0.15, -0.1) is 0 Å². The van der Waals surface area contributed by atoms with E-state index in [1.54, 1.807) is 0 Å². The Hall–Kier alpha value is -7.83. The van der Waals surface area contributed by atoms with Gasteiger partial charge in [0.2, 0.25) is 0 Å². The standard InChI is InChI=1S/C51H30N4O2/c1-3-12-31(13-4-1)36-18-11-21-46-48(36)41-28-33(23-26-45(41)56-46)50-52-49(32-14-5-2-6-15-32)53-51(54-50)34-22-25-39-40-30-35(24-27-44(40)57-47(39)29-34)55-42-19-9-7-16-37(42)38-17-8-10-20-43(38)55/h1-30H. The molecule has 0 saturated heterocycles. The van der Waals surface area contributed by atoms with Gasteiger partial charge < -0.3 is 13.4 Å². The SMILES string of the molecule is c1ccc(-c2nc(-c3ccc4c(c3)oc3ccc(-n5c6ccccc6c6ccccc65)cc34)nc(-c3ccc4oc5cccc(-c6ccccc6)c5c4c3)n2)cc1. The van der Waals surface area contributed by atoms with Gasteiger partial charge in [-0.2, -0.15) is 0 Å². The van der Waals surface area contributed by atoms with Gasteiger partial charge in [0, 0.05) is 54.7 Å². The summed E-state index contributed by atoms with van der Waals surface area (Å²) in [4.78, 5) is 15.2. The highest BCUT2D eigenvalue weighted by atomic mass is 16.3. The molecule has 0 aliphatic heterocycles. The minimum Gasteiger partial charge on any atom is -0.456 e. The van der Waals surface area contributed by atoms with Crippen LogP contribution in [0.3, 0.4) is 0 Å². The zero-order valence-electron chi connectivity index (χ0n) is 30.4. The Morgan fingerprint density at radius 3 is 1.65 bits per heavy atom. The van der Waals surface area contributed by atoms with Gasteiger partial charge >= 0.3 is 0 Å². The second-order valence-corrected chi connectivity index (χ2v) is 14.4. The highest BCUT2D eigenvalue weighted by Crippen LogP contribution is 2.40. The van der Waals surface area contributed by atoms with Crippen LogP contribution in [0, 0.1) is 0 Å². The molecule has 0 saturated carbocycles. The van der Waals surface area contributed by atoms with Crippen LogP contribution in [-0.4, -0.2) is 19.5 Å². The molecule has 8 aromatic carbocycles. The lowest BCUT2D eigenvalue weighted by molar-refractivity contribution is 0.668. The number of para-hydroxylation sites is 2. The quantitative estimate of drug-likeness (QED) is 0.176. The maximum absolute atomic E-state index is 6.53. The Bertz CT molecular complexity index is 3470. The van der Waals surface area contributed by atoms with E-state index in [1.165, 1.54) is 21.8 Å². The van der Waals surface area contributed by atoms with Crippen molar-refractivity contribution in [2.45, 2.75) is 0 Å². The van der Waals surface area contributed by atoms with E-state index < -0.39 is 0 Å². The van der Waals surface area contributed by atoms with Crippen molar-refractivity contribution in [1.82, 2.24) is 19.5 Å². The number of fused-ring (bicyclic) bond motifs is 9. The summed E-state index contributed by atoms with van der Waals surface area (Å²) >= 11 is 0. The van der Waals surface area contributed by atoms with Gasteiger partial charge in [-0.3, -0.25) is 0 Å². The lowest BCUT2D eigenvalue weighted by Gasteiger charge is -2.09. The second kappa shape index (κ2) is 12.3. The molecule has 0 unspecified atom stereocenters. The van der Waals surface area contributed by atoms with Crippen molar-refractivity contribution in [1.29, 1.82) is 0 Å². The third-order valence-corrected chi connectivity index (χ3v) is 11.1. The summed E-state index contributed by atoms with van der Waals surface area (Å²) in [6, 6.07) is 62.7. The van der Waals surface area contributed by atoms with E-state index in [0.717, 1.165) is 77.4 Å². The second-order valence-electron chi connectivity index (χ2n) is 14.4. The first-order chi connectivity index (χ1) is 28.2. The molecule has 0 atom stereocenters. The molecule has 0 aliphatic rings. The predicted octanol–water partition coefficient (Wildman–Crippen LogP) is 13.4. The van der Waals surface area contributed by atoms with E-state index in [1.807, 2.05) is 66.7 Å². The zero-order chi connectivity index (χ0) is 37.5. The minimum absolute atomic E-state index is 0.564. The Kier molecular flexibility index (Phi) is 6.83. The first-order valence-electron chi connectivity index (χ1n) is 19.0. The van der Waals surface area contributed by atoms with Gasteiger partial charge in [0.05, 0.1) is 11.0 Å². The highest BCUT2D eigenvalue weighted by Gasteiger charge is 2.19. The first-order valence-corrected chi connectivity index (χ1v) is 19.0. The molecule has 6 heteroatoms. The molecule has 0 amide bonds. The number of hydrogen-bond acceptors (Lipinski definition) is 5. The number of nitrogens with zero attached hydrogens (tertiary/aromatic N) is 4. The number of aromatic nitrogens is 4. The van der Waals surface area contributed by atoms with E-state index in [2.05, 4.69) is 120 Å². The lowest BCUT2D eigenvalue weighted by atomic mass is 9.99. The van der Waals surface area contributed by atoms with Gasteiger partial charge in [-0.1, -0.05) is 115 Å². The van der Waals surface area contributed by atoms with Crippen LogP contribution >= 0.6 is 0 Å². The smallest absolute Gasteiger partial charge is 0.164 e. The average molecular weight is 731 g/mol. The zero-order valence-corrected chi connectivity index (χ0v) is 30.4. The van der Waals surface area contributed by atoms with E-state index >= 15 is 0 Å². The molecule has 4 heterocycles. The average Bonchev–Trinajstić information content (AvgIpc) is 3.95. The van der Waals surface area contributed by atoms with E-state index in [-0.39, 0.29) is 0 Å². The Morgan fingerprint density at radius 1 is 0.333 bits per heavy atom. The molecule has 0 N–H and O–H groups in total. The number of benzene rings is 8. The summed E-state index contributed by atoms with van der Waals surface area (Å²) in [6.45, 7) is 0. The van der Waals surface area contributed by atoms with E-state index in [4.69, 9.17) is 23.8 Å². The number of rotatable bonds is 5. The van der Waals surface area contributed by atoms with Crippen molar-refractivity contribution in [3.8, 4) is 51.0 Å². The highest BCUT2D eigenvalue weighted by molar-refractivity contribution is 6.14. The summed E-state index contributed by atoms with van der Waals surface area (Å²) in [5.74, 6) is 1.74. The monoisotopic (exact) mass is 730 g/mol. The van der Waals surface area contributed by atoms with Crippen molar-refractivity contribution in [3.05, 3.63) is 182 Å². The largest absolute Gasteiger partial charge is 0.456 e. The molecule has 12 rings (SSSR count). The summed E-state index contributed by atoms with van der Waals surface area (Å²) in [6.07, 6.45) is 0. The van der Waals surface area contributed by atoms with Crippen molar-refractivity contribution >= 4 is 65.7 Å². The van der Waals surface area contributed by atoms with E-state index in [9.17, 15) is 0 Å². The summed E-state index contributed by atoms with van der Waals surface area (Å²) < 4.78 is 15.2. The van der Waals surface area contributed by atoms with Crippen LogP contribution < -0.4 is 0 Å². The molecule has 266 valence electrons. The Labute approximate surface area is 325 Å². The van der Waals surface area contributed by atoms with Gasteiger partial charge in [-0.05, 0) is 77.9 Å². The number of furan rings is 2. The fraction of sp³-hybridized carbons (Fsp3) is 0. The Morgan fingerprint density at radius 2 is 0.912 bits per heavy atom. The van der Waals surface area contributed by atoms with Gasteiger partial charge in [0.1, 0.15) is 22.3 Å². The van der Waals surface area contributed by atoms with Crippen LogP contribution in [0.25, 0.3) is 117 Å². The van der Waals surface area contributed by atoms with Crippen LogP contribution in [0.4, 0.5) is 0 Å². The van der Waals surface area contributed by atoms with Crippen molar-refractivity contribution in [2.75, 3.05) is 0 Å². The van der Waals surface area contributed by atoms with E-state index in [0.29, 0.717) is 17.5 Å². The molecule has 0 bridgehead atoms. The molecule has 0 aliphatic carbocycles. The third kappa shape index (κ3) is 5.01. The third-order valence-electron chi connectivity index (χ3n) is 11.1. The van der Waals surface area contributed by atoms with Crippen molar-refractivity contribution in [2.24, 2.45) is 0 Å². The van der Waals surface area contributed by atoms with Crippen LogP contribution in [0.1, 0.15) is 0 Å². The van der Waals surface area contributed by atoms with Crippen LogP contribution in [-0.2, 0) is 0 Å². The molecule has 12 aromatic rings. The molecule has 0 radical (unpaired) electrons. The first kappa shape index (κ1) is 31.5. The summed E-state index contributed by atoms with van der Waals surface area (Å²) in [5.41, 5.74) is 11.5. The van der Waals surface area contributed by atoms with Gasteiger partial charge in [-0.25, -0.2) is 15.0 Å². The minimum atomic E-state index is 0.564. The van der Waals surface area contributed by atoms with Gasteiger partial charge in [0.25, 0.3) is 0 Å². The fourth-order valence-corrected chi connectivity index (χ4v) is 8.42. The molecule has 0 spiro atoms. The molecule has 4 aromatic heterocycles. The predicted molar refractivity (Wildman–Crippen MR) is 230 cm³/mol. The molecule has 6 nitrogen and oxygen atoms in total. The maximum atomic E-state index is 6.53. The fourth-order valence-electron chi connectivity index (χ4n) is 8.42. The topological polar surface area (TPSA) is 69.9 Å². The van der Waals surface area contributed by atoms with Crippen molar-refractivity contribution < 1.29 is 8.83 Å². The van der Waals surface area contributed by atoms with Crippen molar-refractivity contribution in [3.63, 3.8) is 0 Å². The van der Waals surface area contributed by atoms with Gasteiger partial charge in [0.15, 0.2) is 17.5 Å². The van der Waals surface area contributed by atoms with Crippen LogP contribution in [0.15, 0.2) is 191 Å². The number of hydrogen-bond donors (Lipinski definition) is 0. The summed E-state index contributed by atoms with van der Waals surface area (Å²) in [7, 11) is 0. The molecular weight excluding hydrogens is 701 g/mol. The molecule has 0 fully saturated rings.